The molecule has 2 aromatic rings. The van der Waals surface area contributed by atoms with Crippen LogP contribution in [0, 0.1) is 12.7 Å². The van der Waals surface area contributed by atoms with Gasteiger partial charge in [-0.3, -0.25) is 0 Å². The lowest BCUT2D eigenvalue weighted by molar-refractivity contribution is -0.275. The molecule has 1 amide bonds. The number of benzene rings is 2. The van der Waals surface area contributed by atoms with Gasteiger partial charge in [-0.15, -0.1) is 0 Å². The number of oxime groups is 1. The average Bonchev–Trinajstić information content (AvgIpc) is 3.21. The van der Waals surface area contributed by atoms with E-state index in [9.17, 15) is 22.4 Å². The highest BCUT2D eigenvalue weighted by atomic mass is 35.5. The van der Waals surface area contributed by atoms with Crippen molar-refractivity contribution in [1.29, 1.82) is 0 Å². The highest BCUT2D eigenvalue weighted by Crippen LogP contribution is 2.49. The maximum Gasteiger partial charge on any atom is 0.435 e. The second kappa shape index (κ2) is 8.61. The lowest BCUT2D eigenvalue weighted by Crippen LogP contribution is -2.59. The van der Waals surface area contributed by atoms with Crippen LogP contribution in [0.15, 0.2) is 41.6 Å². The smallest absolute Gasteiger partial charge is 0.435 e. The van der Waals surface area contributed by atoms with Gasteiger partial charge in [0.2, 0.25) is 0 Å². The summed E-state index contributed by atoms with van der Waals surface area (Å²) in [6, 6.07) is 7.71. The summed E-state index contributed by atoms with van der Waals surface area (Å²) >= 11 is 5.80. The van der Waals surface area contributed by atoms with Crippen molar-refractivity contribution in [2.75, 3.05) is 13.1 Å². The summed E-state index contributed by atoms with van der Waals surface area (Å²) in [5.41, 5.74) is -5.20. The van der Waals surface area contributed by atoms with E-state index in [0.717, 1.165) is 12.1 Å². The minimum Gasteiger partial charge on any atom is -0.444 e. The van der Waals surface area contributed by atoms with Gasteiger partial charge >= 0.3 is 12.3 Å². The number of ether oxygens (including phenoxy) is 1. The third-order valence-corrected chi connectivity index (χ3v) is 6.41. The Morgan fingerprint density at radius 1 is 1.11 bits per heavy atom. The molecule has 2 aromatic carbocycles. The number of carbonyl (C=O) groups is 1. The summed E-state index contributed by atoms with van der Waals surface area (Å²) in [5, 5.41) is 3.22. The summed E-state index contributed by atoms with van der Waals surface area (Å²) in [6.45, 7) is 6.03. The lowest BCUT2D eigenvalue weighted by atomic mass is 9.84. The van der Waals surface area contributed by atoms with Gasteiger partial charge in [0.1, 0.15) is 11.4 Å². The molecule has 4 rings (SSSR count). The molecule has 2 heterocycles. The Bertz CT molecular complexity index is 1190. The fraction of sp³-hybridized carbons (Fsp3) is 0.440. The molecule has 0 spiro atoms. The van der Waals surface area contributed by atoms with E-state index >= 15 is 4.39 Å². The fourth-order valence-electron chi connectivity index (χ4n) is 4.18. The highest BCUT2D eigenvalue weighted by Gasteiger charge is 2.62. The van der Waals surface area contributed by atoms with Gasteiger partial charge in [0, 0.05) is 12.0 Å². The molecule has 11 heteroatoms. The topological polar surface area (TPSA) is 51.1 Å². The molecule has 0 bridgehead atoms. The van der Waals surface area contributed by atoms with E-state index in [4.69, 9.17) is 21.2 Å². The zero-order chi connectivity index (χ0) is 26.7. The molecule has 2 aliphatic rings. The highest BCUT2D eigenvalue weighted by molar-refractivity contribution is 6.30. The first kappa shape index (κ1) is 26.2. The quantitative estimate of drug-likeness (QED) is 0.411. The van der Waals surface area contributed by atoms with Crippen LogP contribution in [0.25, 0.3) is 0 Å². The molecule has 0 aliphatic carbocycles. The second-order valence-corrected chi connectivity index (χ2v) is 10.5. The van der Waals surface area contributed by atoms with Crippen molar-refractivity contribution < 1.29 is 36.3 Å². The number of likely N-dealkylation sites (tertiary alicyclic amines) is 1. The fourth-order valence-corrected chi connectivity index (χ4v) is 4.44. The largest absolute Gasteiger partial charge is 0.444 e. The summed E-state index contributed by atoms with van der Waals surface area (Å²) in [7, 11) is 0. The standard InChI is InChI=1S/C25H24ClF5N2O3/c1-14-9-17(10-18(26)20(14)27)24(25(29,30)31)11-19(32-36-24)15-5-7-16(8-6-15)23(28)12-33(13-23)21(34)35-22(2,3)4/h5-10H,11-13H2,1-4H3. The van der Waals surface area contributed by atoms with Crippen LogP contribution in [0.3, 0.4) is 0 Å². The Balaban J connectivity index is 1.52. The van der Waals surface area contributed by atoms with Crippen molar-refractivity contribution in [2.24, 2.45) is 5.16 Å². The summed E-state index contributed by atoms with van der Waals surface area (Å²) < 4.78 is 77.1. The molecule has 0 saturated carbocycles. The Hall–Kier alpha value is -2.88. The van der Waals surface area contributed by atoms with E-state index in [1.54, 1.807) is 20.8 Å². The van der Waals surface area contributed by atoms with Crippen LogP contribution in [-0.4, -0.2) is 41.6 Å². The first-order valence-electron chi connectivity index (χ1n) is 11.1. The predicted molar refractivity (Wildman–Crippen MR) is 123 cm³/mol. The number of hydrogen-bond donors (Lipinski definition) is 0. The molecule has 1 atom stereocenters. The summed E-state index contributed by atoms with van der Waals surface area (Å²) in [6.07, 6.45) is -6.18. The monoisotopic (exact) mass is 530 g/mol. The number of carbonyl (C=O) groups excluding carboxylic acids is 1. The van der Waals surface area contributed by atoms with Gasteiger partial charge < -0.3 is 14.5 Å². The van der Waals surface area contributed by atoms with Gasteiger partial charge in [0.25, 0.3) is 5.60 Å². The normalized spacial score (nSPS) is 21.5. The molecule has 194 valence electrons. The maximum absolute atomic E-state index is 15.3. The van der Waals surface area contributed by atoms with Crippen LogP contribution in [0.5, 0.6) is 0 Å². The molecule has 1 saturated heterocycles. The Morgan fingerprint density at radius 2 is 1.72 bits per heavy atom. The third-order valence-electron chi connectivity index (χ3n) is 6.13. The van der Waals surface area contributed by atoms with Crippen molar-refractivity contribution in [3.8, 4) is 0 Å². The Labute approximate surface area is 209 Å². The SMILES string of the molecule is Cc1cc(C2(C(F)(F)F)CC(c3ccc(C4(F)CN(C(=O)OC(C)(C)C)C4)cc3)=NO2)cc(Cl)c1F. The molecule has 2 aliphatic heterocycles. The van der Waals surface area contributed by atoms with Gasteiger partial charge in [-0.2, -0.15) is 13.2 Å². The number of rotatable bonds is 3. The number of aryl methyl sites for hydroxylation is 1. The maximum atomic E-state index is 15.3. The number of nitrogens with zero attached hydrogens (tertiary/aromatic N) is 2. The minimum absolute atomic E-state index is 0.00567. The van der Waals surface area contributed by atoms with Crippen LogP contribution >= 0.6 is 11.6 Å². The number of hydrogen-bond acceptors (Lipinski definition) is 4. The first-order valence-corrected chi connectivity index (χ1v) is 11.5. The van der Waals surface area contributed by atoms with E-state index < -0.39 is 46.4 Å². The molecule has 0 radical (unpaired) electrons. The van der Waals surface area contributed by atoms with E-state index in [0.29, 0.717) is 5.56 Å². The minimum atomic E-state index is -4.88. The van der Waals surface area contributed by atoms with Crippen molar-refractivity contribution in [1.82, 2.24) is 4.90 Å². The van der Waals surface area contributed by atoms with Crippen molar-refractivity contribution >= 4 is 23.4 Å². The summed E-state index contributed by atoms with van der Waals surface area (Å²) in [4.78, 5) is 18.3. The summed E-state index contributed by atoms with van der Waals surface area (Å²) in [5.74, 6) is -0.811. The van der Waals surface area contributed by atoms with Gasteiger partial charge in [-0.05, 0) is 56.5 Å². The number of alkyl halides is 4. The zero-order valence-electron chi connectivity index (χ0n) is 20.0. The number of amides is 1. The first-order chi connectivity index (χ1) is 16.5. The Morgan fingerprint density at radius 3 is 2.25 bits per heavy atom. The van der Waals surface area contributed by atoms with Crippen LogP contribution in [0.1, 0.15) is 49.4 Å². The van der Waals surface area contributed by atoms with Gasteiger partial charge in [0.15, 0.2) is 5.67 Å². The van der Waals surface area contributed by atoms with Gasteiger partial charge in [-0.25, -0.2) is 13.6 Å². The Kier molecular flexibility index (Phi) is 6.26. The van der Waals surface area contributed by atoms with E-state index in [1.807, 2.05) is 0 Å². The molecule has 1 fully saturated rings. The van der Waals surface area contributed by atoms with Crippen molar-refractivity contribution in [2.45, 2.75) is 57.2 Å². The molecule has 0 aromatic heterocycles. The van der Waals surface area contributed by atoms with Gasteiger partial charge in [-0.1, -0.05) is 41.0 Å². The van der Waals surface area contributed by atoms with Crippen molar-refractivity contribution in [3.63, 3.8) is 0 Å². The molecule has 0 N–H and O–H groups in total. The molecular formula is C25H24ClF5N2O3. The lowest BCUT2D eigenvalue weighted by Gasteiger charge is -2.44. The molecular weight excluding hydrogens is 507 g/mol. The third kappa shape index (κ3) is 4.63. The molecule has 1 unspecified atom stereocenters. The van der Waals surface area contributed by atoms with Crippen LogP contribution in [-0.2, 0) is 20.8 Å². The predicted octanol–water partition coefficient (Wildman–Crippen LogP) is 6.79. The van der Waals surface area contributed by atoms with E-state index in [2.05, 4.69) is 5.16 Å². The van der Waals surface area contributed by atoms with E-state index in [1.165, 1.54) is 36.1 Å². The number of halogens is 6. The van der Waals surface area contributed by atoms with Crippen LogP contribution < -0.4 is 0 Å². The van der Waals surface area contributed by atoms with Crippen LogP contribution in [0.4, 0.5) is 26.7 Å². The van der Waals surface area contributed by atoms with E-state index in [-0.39, 0.29) is 35.5 Å². The molecule has 36 heavy (non-hydrogen) atoms. The zero-order valence-corrected chi connectivity index (χ0v) is 20.7. The van der Waals surface area contributed by atoms with Crippen molar-refractivity contribution in [3.05, 3.63) is 69.5 Å². The second-order valence-electron chi connectivity index (χ2n) is 10.1. The van der Waals surface area contributed by atoms with Crippen LogP contribution in [0.2, 0.25) is 5.02 Å². The molecule has 5 nitrogen and oxygen atoms in total. The average molecular weight is 531 g/mol. The van der Waals surface area contributed by atoms with Gasteiger partial charge in [0.05, 0.1) is 23.8 Å².